The van der Waals surface area contributed by atoms with Crippen molar-refractivity contribution in [1.82, 2.24) is 15.0 Å². The Morgan fingerprint density at radius 2 is 0.934 bits per heavy atom. The van der Waals surface area contributed by atoms with Gasteiger partial charge in [-0.3, -0.25) is 15.0 Å². The highest BCUT2D eigenvalue weighted by Crippen LogP contribution is 2.36. The summed E-state index contributed by atoms with van der Waals surface area (Å²) in [5.41, 5.74) is 4.79. The number of benzene rings is 6. The van der Waals surface area contributed by atoms with E-state index in [-0.39, 0.29) is 19.6 Å². The summed E-state index contributed by atoms with van der Waals surface area (Å²) in [5, 5.41) is 1.06. The molecule has 0 saturated carbocycles. The average Bonchev–Trinajstić information content (AvgIpc) is 3.31. The Hall–Kier alpha value is -6.73. The van der Waals surface area contributed by atoms with Gasteiger partial charge in [0, 0.05) is 40.0 Å². The highest BCUT2D eigenvalue weighted by molar-refractivity contribution is 9.10. The van der Waals surface area contributed by atoms with Gasteiger partial charge in [-0.15, -0.1) is 0 Å². The van der Waals surface area contributed by atoms with Crippen LogP contribution in [0.1, 0.15) is 11.1 Å². The zero-order valence-electron chi connectivity index (χ0n) is 32.4. The first-order valence-corrected chi connectivity index (χ1v) is 22.8. The molecule has 3 aromatic heterocycles. The lowest BCUT2D eigenvalue weighted by Crippen LogP contribution is -2.05. The van der Waals surface area contributed by atoms with Gasteiger partial charge in [-0.2, -0.15) is 0 Å². The van der Waals surface area contributed by atoms with E-state index in [1.54, 1.807) is 116 Å². The van der Waals surface area contributed by atoms with Crippen molar-refractivity contribution >= 4 is 57.4 Å². The smallest absolute Gasteiger partial charge is 0.207 e. The largest absolute Gasteiger partial charge is 0.487 e. The van der Waals surface area contributed by atoms with Gasteiger partial charge in [0.1, 0.15) is 35.7 Å². The van der Waals surface area contributed by atoms with Gasteiger partial charge in [-0.05, 0) is 113 Å². The fourth-order valence-electron chi connectivity index (χ4n) is 6.69. The Labute approximate surface area is 362 Å². The number of aromatic nitrogens is 3. The molecular weight excluding hydrogens is 871 g/mol. The summed E-state index contributed by atoms with van der Waals surface area (Å²) >= 11 is 3.33. The molecule has 0 fully saturated rings. The van der Waals surface area contributed by atoms with Gasteiger partial charge in [0.15, 0.2) is 0 Å². The first-order valence-electron chi connectivity index (χ1n) is 19.0. The first-order chi connectivity index (χ1) is 29.7. The Morgan fingerprint density at radius 3 is 1.44 bits per heavy atom. The number of hydrogen-bond acceptors (Lipinski definition) is 9. The van der Waals surface area contributed by atoms with Gasteiger partial charge in [0.2, 0.25) is 19.7 Å². The average molecular weight is 907 g/mol. The molecule has 9 rings (SSSR count). The second-order valence-corrected chi connectivity index (χ2v) is 18.5. The van der Waals surface area contributed by atoms with Crippen molar-refractivity contribution in [2.75, 3.05) is 0 Å². The molecule has 0 amide bonds. The molecule has 3 heterocycles. The first kappa shape index (κ1) is 41.0. The van der Waals surface area contributed by atoms with Crippen molar-refractivity contribution < 1.29 is 26.3 Å². The number of nitrogens with zero attached hydrogens (tertiary/aromatic N) is 3. The molecule has 9 nitrogen and oxygen atoms in total. The van der Waals surface area contributed by atoms with Gasteiger partial charge in [-0.1, -0.05) is 94.8 Å². The third-order valence-corrected chi connectivity index (χ3v) is 13.8. The molecule has 9 aromatic rings. The normalized spacial score (nSPS) is 11.4. The van der Waals surface area contributed by atoms with Crippen LogP contribution >= 0.6 is 15.9 Å². The van der Waals surface area contributed by atoms with Crippen LogP contribution in [0.4, 0.5) is 0 Å². The summed E-state index contributed by atoms with van der Waals surface area (Å²) in [6.45, 7) is 0.747. The fourth-order valence-corrected chi connectivity index (χ4v) is 10.2. The summed E-state index contributed by atoms with van der Waals surface area (Å²) in [5.74, 6) is 1.09. The maximum absolute atomic E-state index is 13.6. The van der Waals surface area contributed by atoms with Crippen molar-refractivity contribution in [1.29, 1.82) is 0 Å². The van der Waals surface area contributed by atoms with Crippen LogP contribution in [-0.4, -0.2) is 31.8 Å². The van der Waals surface area contributed by atoms with Crippen LogP contribution in [0.5, 0.6) is 11.5 Å². The van der Waals surface area contributed by atoms with Crippen molar-refractivity contribution in [2.24, 2.45) is 0 Å². The number of halogens is 1. The molecule has 0 bridgehead atoms. The van der Waals surface area contributed by atoms with E-state index in [1.807, 2.05) is 78.9 Å². The zero-order valence-corrected chi connectivity index (χ0v) is 35.6. The molecule has 6 aromatic carbocycles. The fraction of sp³-hybridized carbons (Fsp3) is 0.0408. The minimum atomic E-state index is -3.79. The molecule has 12 heteroatoms. The van der Waals surface area contributed by atoms with Gasteiger partial charge in [0.05, 0.1) is 19.6 Å². The minimum Gasteiger partial charge on any atom is -0.487 e. The third-order valence-electron chi connectivity index (χ3n) is 9.70. The Balaban J connectivity index is 0.000000171. The van der Waals surface area contributed by atoms with Crippen LogP contribution in [0.25, 0.3) is 32.9 Å². The summed E-state index contributed by atoms with van der Waals surface area (Å²) in [7, 11) is -7.49. The molecule has 0 unspecified atom stereocenters. The van der Waals surface area contributed by atoms with E-state index in [0.717, 1.165) is 22.3 Å². The van der Waals surface area contributed by atoms with Gasteiger partial charge in [-0.25, -0.2) is 16.8 Å². The second-order valence-electron chi connectivity index (χ2n) is 13.7. The molecule has 0 N–H and O–H groups in total. The molecule has 0 radical (unpaired) electrons. The monoisotopic (exact) mass is 905 g/mol. The maximum Gasteiger partial charge on any atom is 0.207 e. The van der Waals surface area contributed by atoms with Crippen molar-refractivity contribution in [3.8, 4) is 22.6 Å². The second kappa shape index (κ2) is 18.3. The van der Waals surface area contributed by atoms with Crippen molar-refractivity contribution in [2.45, 2.75) is 32.8 Å². The van der Waals surface area contributed by atoms with Crippen molar-refractivity contribution in [3.05, 3.63) is 210 Å². The molecule has 0 aliphatic rings. The quantitative estimate of drug-likeness (QED) is 0.125. The van der Waals surface area contributed by atoms with Crippen LogP contribution < -0.4 is 9.47 Å². The van der Waals surface area contributed by atoms with Crippen LogP contribution in [-0.2, 0) is 32.9 Å². The predicted molar refractivity (Wildman–Crippen MR) is 240 cm³/mol. The number of hydrogen-bond donors (Lipinski definition) is 0. The van der Waals surface area contributed by atoms with E-state index < -0.39 is 19.7 Å². The standard InChI is InChI=1S/C27H20N2O3S.C22H16BrNO3S/c30-33(31,23-9-4-8-22(18-23)21-13-16-28-17-14-21)26-12-11-25(27-24(26)10-5-15-29-27)32-19-20-6-2-1-3-7-20;23-17-8-4-9-18(14-17)28(25,26)21-12-11-20(22-19(21)10-5-13-24-22)27-15-16-6-2-1-3-7-16/h1-18H,19H2;1-14H,15H2. The molecule has 0 aliphatic heterocycles. The molecule has 61 heavy (non-hydrogen) atoms. The van der Waals surface area contributed by atoms with E-state index in [9.17, 15) is 16.8 Å². The highest BCUT2D eigenvalue weighted by atomic mass is 79.9. The molecule has 0 saturated heterocycles. The number of ether oxygens (including phenoxy) is 2. The zero-order chi connectivity index (χ0) is 42.2. The lowest BCUT2D eigenvalue weighted by Gasteiger charge is -2.13. The summed E-state index contributed by atoms with van der Waals surface area (Å²) in [6.07, 6.45) is 6.64. The summed E-state index contributed by atoms with van der Waals surface area (Å²) in [6, 6.07) is 50.4. The SMILES string of the molecule is O=S(=O)(c1cccc(-c2ccncc2)c1)c1ccc(OCc2ccccc2)c2ncccc12.O=S(=O)(c1cccc(Br)c1)c1ccc(OCc2ccccc2)c2ncccc12. The Kier molecular flexibility index (Phi) is 12.3. The van der Waals surface area contributed by atoms with E-state index in [1.165, 1.54) is 0 Å². The van der Waals surface area contributed by atoms with Crippen molar-refractivity contribution in [3.63, 3.8) is 0 Å². The summed E-state index contributed by atoms with van der Waals surface area (Å²) in [4.78, 5) is 13.7. The highest BCUT2D eigenvalue weighted by Gasteiger charge is 2.24. The lowest BCUT2D eigenvalue weighted by atomic mass is 10.1. The molecule has 302 valence electrons. The van der Waals surface area contributed by atoms with Gasteiger partial charge >= 0.3 is 0 Å². The van der Waals surface area contributed by atoms with Crippen LogP contribution in [0.15, 0.2) is 219 Å². The van der Waals surface area contributed by atoms with E-state index in [4.69, 9.17) is 9.47 Å². The number of rotatable bonds is 11. The summed E-state index contributed by atoms with van der Waals surface area (Å²) < 4.78 is 66.3. The molecule has 0 spiro atoms. The molecule has 0 aliphatic carbocycles. The van der Waals surface area contributed by atoms with Crippen LogP contribution in [0.3, 0.4) is 0 Å². The molecule has 0 atom stereocenters. The number of sulfone groups is 2. The molecular formula is C49H36BrN3O6S2. The third kappa shape index (κ3) is 9.21. The lowest BCUT2D eigenvalue weighted by molar-refractivity contribution is 0.309. The van der Waals surface area contributed by atoms with Gasteiger partial charge < -0.3 is 9.47 Å². The minimum absolute atomic E-state index is 0.199. The van der Waals surface area contributed by atoms with Crippen LogP contribution in [0, 0.1) is 0 Å². The number of pyridine rings is 3. The van der Waals surface area contributed by atoms with Crippen LogP contribution in [0.2, 0.25) is 0 Å². The number of fused-ring (bicyclic) bond motifs is 2. The van der Waals surface area contributed by atoms with Gasteiger partial charge in [0.25, 0.3) is 0 Å². The Morgan fingerprint density at radius 1 is 0.443 bits per heavy atom. The van der Waals surface area contributed by atoms with E-state index in [0.29, 0.717) is 51.0 Å². The topological polar surface area (TPSA) is 125 Å². The van der Waals surface area contributed by atoms with E-state index >= 15 is 0 Å². The maximum atomic E-state index is 13.6. The Bertz CT molecular complexity index is 3190. The predicted octanol–water partition coefficient (Wildman–Crippen LogP) is 11.1. The van der Waals surface area contributed by atoms with E-state index in [2.05, 4.69) is 30.9 Å².